The van der Waals surface area contributed by atoms with Gasteiger partial charge in [0.25, 0.3) is 0 Å². The maximum Gasteiger partial charge on any atom is 0.164 e. The molecule has 0 aliphatic carbocycles. The zero-order valence-electron chi connectivity index (χ0n) is 35.1. The molecule has 4 heteroatoms. The number of rotatable bonds is 6. The van der Waals surface area contributed by atoms with Gasteiger partial charge in [-0.3, -0.25) is 0 Å². The largest absolute Gasteiger partial charge is 0.455 e. The molecule has 2 aromatic heterocycles. The van der Waals surface area contributed by atoms with E-state index in [-0.39, 0.29) is 0 Å². The van der Waals surface area contributed by atoms with E-state index in [0.29, 0.717) is 17.5 Å². The lowest BCUT2D eigenvalue weighted by Gasteiger charge is -2.11. The maximum atomic E-state index is 6.73. The van der Waals surface area contributed by atoms with Crippen molar-refractivity contribution in [3.05, 3.63) is 224 Å². The van der Waals surface area contributed by atoms with Gasteiger partial charge < -0.3 is 4.42 Å². The highest BCUT2D eigenvalue weighted by atomic mass is 16.3. The van der Waals surface area contributed by atoms with Gasteiger partial charge in [0.1, 0.15) is 11.2 Å². The van der Waals surface area contributed by atoms with Gasteiger partial charge in [0.2, 0.25) is 0 Å². The van der Waals surface area contributed by atoms with Crippen molar-refractivity contribution in [3.63, 3.8) is 0 Å². The van der Waals surface area contributed by atoms with Crippen LogP contribution in [0.2, 0.25) is 0 Å². The molecule has 0 atom stereocenters. The standard InChI is InChI=1S/C61H37N3O/c1-3-14-40-34-49(28-26-38(40)12-1)60-62-59(63-61(64-60)50-29-27-39-13-2-4-15-41(39)35-50)48-21-11-20-46(36-48)44-18-9-16-42(32-44)43-17-10-19-45(33-43)47-30-31-55-56(37-47)65-58-54-25-8-6-23-52(54)51-22-5-7-24-53(51)57(55)58/h1-37H. The van der Waals surface area contributed by atoms with Crippen LogP contribution in [0.5, 0.6) is 0 Å². The van der Waals surface area contributed by atoms with Crippen LogP contribution >= 0.6 is 0 Å². The Kier molecular flexibility index (Phi) is 8.50. The molecular weight excluding hydrogens is 791 g/mol. The lowest BCUT2D eigenvalue weighted by molar-refractivity contribution is 0.673. The van der Waals surface area contributed by atoms with Crippen LogP contribution in [0.15, 0.2) is 229 Å². The van der Waals surface area contributed by atoms with E-state index in [4.69, 9.17) is 19.4 Å². The van der Waals surface area contributed by atoms with Crippen LogP contribution in [-0.2, 0) is 0 Å². The number of hydrogen-bond acceptors (Lipinski definition) is 4. The zero-order chi connectivity index (χ0) is 42.8. The van der Waals surface area contributed by atoms with Crippen molar-refractivity contribution in [2.45, 2.75) is 0 Å². The third-order valence-electron chi connectivity index (χ3n) is 12.8. The fourth-order valence-corrected chi connectivity index (χ4v) is 9.60. The van der Waals surface area contributed by atoms with Gasteiger partial charge in [0, 0.05) is 32.8 Å². The number of aromatic nitrogens is 3. The molecule has 2 heterocycles. The first kappa shape index (κ1) is 36.9. The average Bonchev–Trinajstić information content (AvgIpc) is 3.78. The molecule has 65 heavy (non-hydrogen) atoms. The number of furan rings is 1. The maximum absolute atomic E-state index is 6.73. The van der Waals surface area contributed by atoms with Gasteiger partial charge in [0.05, 0.1) is 0 Å². The number of benzene rings is 11. The first-order chi connectivity index (χ1) is 32.2. The lowest BCUT2D eigenvalue weighted by Crippen LogP contribution is -2.00. The van der Waals surface area contributed by atoms with Crippen molar-refractivity contribution in [3.8, 4) is 67.5 Å². The molecule has 13 aromatic rings. The van der Waals surface area contributed by atoms with Crippen molar-refractivity contribution >= 4 is 65.0 Å². The van der Waals surface area contributed by atoms with Gasteiger partial charge in [-0.2, -0.15) is 0 Å². The Morgan fingerprint density at radius 3 is 1.17 bits per heavy atom. The molecular formula is C61H37N3O. The van der Waals surface area contributed by atoms with Gasteiger partial charge in [-0.25, -0.2) is 15.0 Å². The van der Waals surface area contributed by atoms with Crippen molar-refractivity contribution in [1.29, 1.82) is 0 Å². The van der Waals surface area contributed by atoms with Crippen molar-refractivity contribution in [1.82, 2.24) is 15.0 Å². The molecule has 0 amide bonds. The molecule has 13 rings (SSSR count). The number of nitrogens with zero attached hydrogens (tertiary/aromatic N) is 3. The predicted octanol–water partition coefficient (Wildman–Crippen LogP) is 16.4. The molecule has 0 radical (unpaired) electrons. The molecule has 302 valence electrons. The van der Waals surface area contributed by atoms with Gasteiger partial charge in [-0.15, -0.1) is 0 Å². The van der Waals surface area contributed by atoms with E-state index in [1.807, 2.05) is 0 Å². The second kappa shape index (κ2) is 15.0. The summed E-state index contributed by atoms with van der Waals surface area (Å²) >= 11 is 0. The highest BCUT2D eigenvalue weighted by Crippen LogP contribution is 2.42. The third-order valence-corrected chi connectivity index (χ3v) is 12.8. The van der Waals surface area contributed by atoms with Crippen LogP contribution in [0.4, 0.5) is 0 Å². The molecule has 0 spiro atoms. The Bertz CT molecular complexity index is 3940. The van der Waals surface area contributed by atoms with Crippen LogP contribution in [-0.4, -0.2) is 15.0 Å². The van der Waals surface area contributed by atoms with Crippen LogP contribution in [0, 0.1) is 0 Å². The Balaban J connectivity index is 0.866. The summed E-state index contributed by atoms with van der Waals surface area (Å²) in [5.74, 6) is 1.90. The van der Waals surface area contributed by atoms with Gasteiger partial charge >= 0.3 is 0 Å². The second-order valence-corrected chi connectivity index (χ2v) is 16.8. The van der Waals surface area contributed by atoms with E-state index in [1.54, 1.807) is 0 Å². The van der Waals surface area contributed by atoms with Crippen molar-refractivity contribution in [2.75, 3.05) is 0 Å². The number of fused-ring (bicyclic) bond motifs is 10. The molecule has 0 unspecified atom stereocenters. The molecule has 0 bridgehead atoms. The summed E-state index contributed by atoms with van der Waals surface area (Å²) in [5, 5.41) is 11.7. The summed E-state index contributed by atoms with van der Waals surface area (Å²) in [6, 6.07) is 79.4. The zero-order valence-corrected chi connectivity index (χ0v) is 35.1. The highest BCUT2D eigenvalue weighted by molar-refractivity contribution is 6.30. The number of hydrogen-bond donors (Lipinski definition) is 0. The quantitative estimate of drug-likeness (QED) is 0.157. The molecule has 0 fully saturated rings. The fraction of sp³-hybridized carbons (Fsp3) is 0. The van der Waals surface area contributed by atoms with Gasteiger partial charge in [-0.05, 0) is 114 Å². The fourth-order valence-electron chi connectivity index (χ4n) is 9.60. The Hall–Kier alpha value is -8.73. The topological polar surface area (TPSA) is 51.8 Å². The van der Waals surface area contributed by atoms with Gasteiger partial charge in [0.15, 0.2) is 17.5 Å². The van der Waals surface area contributed by atoms with Crippen LogP contribution in [0.1, 0.15) is 0 Å². The lowest BCUT2D eigenvalue weighted by atomic mass is 9.94. The molecule has 0 aliphatic rings. The average molecular weight is 828 g/mol. The SMILES string of the molecule is c1cc(-c2cccc(-c3ccc4c(c3)oc3c5ccccc5c5ccccc5c43)c2)cc(-c2cccc(-c3nc(-c4ccc5ccccc5c4)nc(-c4ccc5ccccc5c4)n3)c2)c1. The van der Waals surface area contributed by atoms with Crippen molar-refractivity contribution < 1.29 is 4.42 Å². The van der Waals surface area contributed by atoms with Crippen molar-refractivity contribution in [2.24, 2.45) is 0 Å². The summed E-state index contributed by atoms with van der Waals surface area (Å²) in [6.07, 6.45) is 0. The first-order valence-corrected chi connectivity index (χ1v) is 22.0. The van der Waals surface area contributed by atoms with E-state index in [2.05, 4.69) is 224 Å². The van der Waals surface area contributed by atoms with E-state index < -0.39 is 0 Å². The van der Waals surface area contributed by atoms with Crippen LogP contribution in [0.25, 0.3) is 133 Å². The molecule has 0 aliphatic heterocycles. The summed E-state index contributed by atoms with van der Waals surface area (Å²) < 4.78 is 6.73. The summed E-state index contributed by atoms with van der Waals surface area (Å²) in [4.78, 5) is 15.4. The molecule has 0 N–H and O–H groups in total. The summed E-state index contributed by atoms with van der Waals surface area (Å²) in [5.41, 5.74) is 11.3. The summed E-state index contributed by atoms with van der Waals surface area (Å²) in [7, 11) is 0. The minimum Gasteiger partial charge on any atom is -0.455 e. The minimum atomic E-state index is 0.625. The first-order valence-electron chi connectivity index (χ1n) is 22.0. The highest BCUT2D eigenvalue weighted by Gasteiger charge is 2.18. The molecule has 0 saturated carbocycles. The summed E-state index contributed by atoms with van der Waals surface area (Å²) in [6.45, 7) is 0. The van der Waals surface area contributed by atoms with Crippen LogP contribution in [0.3, 0.4) is 0 Å². The van der Waals surface area contributed by atoms with E-state index in [1.165, 1.54) is 32.3 Å². The minimum absolute atomic E-state index is 0.625. The Morgan fingerprint density at radius 1 is 0.246 bits per heavy atom. The van der Waals surface area contributed by atoms with E-state index in [9.17, 15) is 0 Å². The third kappa shape index (κ3) is 6.42. The van der Waals surface area contributed by atoms with Crippen LogP contribution < -0.4 is 0 Å². The normalized spacial score (nSPS) is 11.7. The molecule has 0 saturated heterocycles. The predicted molar refractivity (Wildman–Crippen MR) is 270 cm³/mol. The monoisotopic (exact) mass is 827 g/mol. The Labute approximate surface area is 374 Å². The Morgan fingerprint density at radius 2 is 0.631 bits per heavy atom. The molecule has 4 nitrogen and oxygen atoms in total. The van der Waals surface area contributed by atoms with E-state index >= 15 is 0 Å². The van der Waals surface area contributed by atoms with E-state index in [0.717, 1.165) is 82.8 Å². The second-order valence-electron chi connectivity index (χ2n) is 16.8. The molecule has 11 aromatic carbocycles. The smallest absolute Gasteiger partial charge is 0.164 e. The van der Waals surface area contributed by atoms with Gasteiger partial charge in [-0.1, -0.05) is 182 Å².